The topological polar surface area (TPSA) is 32.3 Å². The van der Waals surface area contributed by atoms with E-state index >= 15 is 0 Å². The number of thioether (sulfide) groups is 1. The molecule has 0 saturated heterocycles. The Bertz CT molecular complexity index is 384. The number of hydrogen-bond acceptors (Lipinski definition) is 3. The number of rotatable bonds is 6. The molecular formula is C15H23NOS. The van der Waals surface area contributed by atoms with Gasteiger partial charge >= 0.3 is 0 Å². The van der Waals surface area contributed by atoms with Crippen LogP contribution in [-0.4, -0.2) is 22.7 Å². The molecule has 2 nitrogen and oxygen atoms in total. The largest absolute Gasteiger partial charge is 0.508 e. The van der Waals surface area contributed by atoms with Gasteiger partial charge in [0.2, 0.25) is 0 Å². The van der Waals surface area contributed by atoms with Crippen molar-refractivity contribution in [2.45, 2.75) is 43.4 Å². The lowest BCUT2D eigenvalue weighted by Crippen LogP contribution is -2.44. The molecule has 1 atom stereocenters. The highest BCUT2D eigenvalue weighted by atomic mass is 32.2. The molecule has 0 spiro atoms. The van der Waals surface area contributed by atoms with Crippen molar-refractivity contribution in [2.75, 3.05) is 12.8 Å². The summed E-state index contributed by atoms with van der Waals surface area (Å²) in [6.45, 7) is 3.21. The van der Waals surface area contributed by atoms with Crippen LogP contribution in [0.2, 0.25) is 0 Å². The van der Waals surface area contributed by atoms with Crippen LogP contribution in [0.4, 0.5) is 0 Å². The molecule has 1 aliphatic rings. The third-order valence-corrected chi connectivity index (χ3v) is 5.51. The van der Waals surface area contributed by atoms with Gasteiger partial charge in [0.05, 0.1) is 0 Å². The second kappa shape index (κ2) is 5.98. The summed E-state index contributed by atoms with van der Waals surface area (Å²) in [5.74, 6) is 0.406. The van der Waals surface area contributed by atoms with Gasteiger partial charge in [-0.3, -0.25) is 0 Å². The summed E-state index contributed by atoms with van der Waals surface area (Å²) in [6, 6.07) is 7.92. The Morgan fingerprint density at radius 3 is 2.61 bits per heavy atom. The fourth-order valence-electron chi connectivity index (χ4n) is 2.59. The number of phenols is 1. The minimum atomic E-state index is 0.260. The maximum atomic E-state index is 9.92. The number of hydrogen-bond donors (Lipinski definition) is 2. The van der Waals surface area contributed by atoms with Gasteiger partial charge in [0.25, 0.3) is 0 Å². The summed E-state index contributed by atoms with van der Waals surface area (Å²) >= 11 is 1.99. The minimum absolute atomic E-state index is 0.260. The quantitative estimate of drug-likeness (QED) is 0.822. The number of aromatic hydroxyl groups is 1. The second-order valence-electron chi connectivity index (χ2n) is 5.14. The molecule has 0 amide bonds. The van der Waals surface area contributed by atoms with Crippen molar-refractivity contribution >= 4 is 11.8 Å². The summed E-state index contributed by atoms with van der Waals surface area (Å²) in [5, 5.41) is 13.6. The molecule has 3 heteroatoms. The van der Waals surface area contributed by atoms with E-state index in [0.717, 1.165) is 18.5 Å². The summed E-state index contributed by atoms with van der Waals surface area (Å²) in [7, 11) is 0. The van der Waals surface area contributed by atoms with Crippen LogP contribution in [0.5, 0.6) is 5.75 Å². The first-order valence-electron chi connectivity index (χ1n) is 6.77. The van der Waals surface area contributed by atoms with Crippen LogP contribution < -0.4 is 5.32 Å². The standard InChI is InChI=1S/C15H23NOS/c1-3-13(12-7-4-5-8-14(12)17)16-11-15(18-2)9-6-10-15/h4-5,7-8,13,16-17H,3,6,9-11H2,1-2H3. The molecule has 0 aromatic heterocycles. The number of nitrogens with one attached hydrogen (secondary N) is 1. The van der Waals surface area contributed by atoms with E-state index < -0.39 is 0 Å². The second-order valence-corrected chi connectivity index (χ2v) is 6.42. The van der Waals surface area contributed by atoms with Crippen molar-refractivity contribution in [3.05, 3.63) is 29.8 Å². The smallest absolute Gasteiger partial charge is 0.120 e. The summed E-state index contributed by atoms with van der Waals surface area (Å²) in [5.41, 5.74) is 1.02. The predicted molar refractivity (Wildman–Crippen MR) is 79.2 cm³/mol. The third kappa shape index (κ3) is 2.83. The Kier molecular flexibility index (Phi) is 4.57. The van der Waals surface area contributed by atoms with Crippen molar-refractivity contribution in [2.24, 2.45) is 0 Å². The highest BCUT2D eigenvalue weighted by Gasteiger charge is 2.36. The molecule has 1 aliphatic carbocycles. The van der Waals surface area contributed by atoms with Gasteiger partial charge < -0.3 is 10.4 Å². The number of benzene rings is 1. The zero-order chi connectivity index (χ0) is 13.0. The van der Waals surface area contributed by atoms with Gasteiger partial charge in [0.15, 0.2) is 0 Å². The van der Waals surface area contributed by atoms with Gasteiger partial charge in [-0.2, -0.15) is 11.8 Å². The fraction of sp³-hybridized carbons (Fsp3) is 0.600. The van der Waals surface area contributed by atoms with Crippen LogP contribution in [-0.2, 0) is 0 Å². The van der Waals surface area contributed by atoms with E-state index in [0.29, 0.717) is 10.5 Å². The minimum Gasteiger partial charge on any atom is -0.508 e. The fourth-order valence-corrected chi connectivity index (χ4v) is 3.51. The van der Waals surface area contributed by atoms with Crippen LogP contribution in [0.25, 0.3) is 0 Å². The predicted octanol–water partition coefficient (Wildman–Crippen LogP) is 3.72. The van der Waals surface area contributed by atoms with Crippen molar-refractivity contribution in [3.8, 4) is 5.75 Å². The molecule has 0 radical (unpaired) electrons. The molecule has 0 bridgehead atoms. The average Bonchev–Trinajstić information content (AvgIpc) is 2.34. The zero-order valence-corrected chi connectivity index (χ0v) is 12.1. The van der Waals surface area contributed by atoms with E-state index in [-0.39, 0.29) is 6.04 Å². The van der Waals surface area contributed by atoms with Crippen molar-refractivity contribution in [1.29, 1.82) is 0 Å². The first-order chi connectivity index (χ1) is 8.71. The molecule has 2 rings (SSSR count). The Balaban J connectivity index is 2.00. The van der Waals surface area contributed by atoms with Crippen LogP contribution in [0.3, 0.4) is 0 Å². The lowest BCUT2D eigenvalue weighted by Gasteiger charge is -2.41. The summed E-state index contributed by atoms with van der Waals surface area (Å²) in [4.78, 5) is 0. The normalized spacial score (nSPS) is 19.2. The molecule has 1 fully saturated rings. The van der Waals surface area contributed by atoms with E-state index in [4.69, 9.17) is 0 Å². The third-order valence-electron chi connectivity index (χ3n) is 4.09. The molecule has 0 heterocycles. The first kappa shape index (κ1) is 13.8. The maximum Gasteiger partial charge on any atom is 0.120 e. The Morgan fingerprint density at radius 1 is 1.39 bits per heavy atom. The van der Waals surface area contributed by atoms with E-state index in [1.807, 2.05) is 30.0 Å². The molecule has 100 valence electrons. The molecule has 1 aromatic carbocycles. The van der Waals surface area contributed by atoms with Crippen LogP contribution in [0.15, 0.2) is 24.3 Å². The van der Waals surface area contributed by atoms with E-state index in [1.54, 1.807) is 6.07 Å². The molecule has 1 unspecified atom stereocenters. The summed E-state index contributed by atoms with van der Waals surface area (Å²) < 4.78 is 0.442. The SMILES string of the molecule is CCC(NCC1(SC)CCC1)c1ccccc1O. The molecule has 1 saturated carbocycles. The van der Waals surface area contributed by atoms with Gasteiger partial charge in [-0.05, 0) is 31.6 Å². The monoisotopic (exact) mass is 265 g/mol. The Hall–Kier alpha value is -0.670. The molecule has 1 aromatic rings. The average molecular weight is 265 g/mol. The highest BCUT2D eigenvalue weighted by molar-refractivity contribution is 8.00. The lowest BCUT2D eigenvalue weighted by molar-refractivity contribution is 0.326. The van der Waals surface area contributed by atoms with Crippen molar-refractivity contribution in [3.63, 3.8) is 0 Å². The summed E-state index contributed by atoms with van der Waals surface area (Å²) in [6.07, 6.45) is 7.20. The van der Waals surface area contributed by atoms with Crippen LogP contribution in [0.1, 0.15) is 44.2 Å². The van der Waals surface area contributed by atoms with Gasteiger partial charge in [0, 0.05) is 22.9 Å². The van der Waals surface area contributed by atoms with Crippen LogP contribution >= 0.6 is 11.8 Å². The van der Waals surface area contributed by atoms with Gasteiger partial charge in [-0.1, -0.05) is 31.5 Å². The molecular weight excluding hydrogens is 242 g/mol. The zero-order valence-electron chi connectivity index (χ0n) is 11.3. The van der Waals surface area contributed by atoms with E-state index in [1.165, 1.54) is 19.3 Å². The highest BCUT2D eigenvalue weighted by Crippen LogP contribution is 2.42. The first-order valence-corrected chi connectivity index (χ1v) is 7.99. The lowest BCUT2D eigenvalue weighted by atomic mass is 9.84. The van der Waals surface area contributed by atoms with Gasteiger partial charge in [0.1, 0.15) is 5.75 Å². The maximum absolute atomic E-state index is 9.92. The van der Waals surface area contributed by atoms with Crippen molar-refractivity contribution in [1.82, 2.24) is 5.32 Å². The number of phenolic OH excluding ortho intramolecular Hbond substituents is 1. The van der Waals surface area contributed by atoms with Gasteiger partial charge in [-0.15, -0.1) is 0 Å². The molecule has 2 N–H and O–H groups in total. The van der Waals surface area contributed by atoms with Gasteiger partial charge in [-0.25, -0.2) is 0 Å². The Morgan fingerprint density at radius 2 is 2.11 bits per heavy atom. The number of para-hydroxylation sites is 1. The Labute approximate surface area is 114 Å². The van der Waals surface area contributed by atoms with E-state index in [9.17, 15) is 5.11 Å². The molecule has 0 aliphatic heterocycles. The van der Waals surface area contributed by atoms with Crippen molar-refractivity contribution < 1.29 is 5.11 Å². The van der Waals surface area contributed by atoms with Crippen LogP contribution in [0, 0.1) is 0 Å². The van der Waals surface area contributed by atoms with E-state index in [2.05, 4.69) is 18.5 Å². The molecule has 18 heavy (non-hydrogen) atoms.